The summed E-state index contributed by atoms with van der Waals surface area (Å²) in [4.78, 5) is 33.3. The summed E-state index contributed by atoms with van der Waals surface area (Å²) in [6.07, 6.45) is 0. The van der Waals surface area contributed by atoms with Crippen molar-refractivity contribution in [1.29, 1.82) is 0 Å². The number of benzene rings is 2. The molecule has 1 aliphatic heterocycles. The molecule has 2 aromatic heterocycles. The van der Waals surface area contributed by atoms with E-state index in [0.717, 1.165) is 11.1 Å². The molecule has 8 heteroatoms. The molecule has 0 saturated heterocycles. The third kappa shape index (κ3) is 3.81. The van der Waals surface area contributed by atoms with Gasteiger partial charge in [-0.25, -0.2) is 4.98 Å². The van der Waals surface area contributed by atoms with Crippen molar-refractivity contribution in [3.05, 3.63) is 99.7 Å². The number of nitrogens with zero attached hydrogens (tertiary/aromatic N) is 2. The van der Waals surface area contributed by atoms with Crippen LogP contribution in [-0.2, 0) is 4.79 Å². The second kappa shape index (κ2) is 8.56. The van der Waals surface area contributed by atoms with Crippen molar-refractivity contribution in [3.8, 4) is 16.3 Å². The molecule has 0 bridgehead atoms. The maximum absolute atomic E-state index is 13.9. The molecule has 35 heavy (non-hydrogen) atoms. The second-order valence-electron chi connectivity index (χ2n) is 8.41. The van der Waals surface area contributed by atoms with E-state index in [-0.39, 0.29) is 17.0 Å². The van der Waals surface area contributed by atoms with E-state index in [1.807, 2.05) is 37.3 Å². The molecular weight excluding hydrogens is 464 g/mol. The molecule has 0 spiro atoms. The van der Waals surface area contributed by atoms with Gasteiger partial charge in [-0.1, -0.05) is 36.4 Å². The van der Waals surface area contributed by atoms with E-state index in [4.69, 9.17) is 4.42 Å². The average Bonchev–Trinajstić information content (AvgIpc) is 3.52. The van der Waals surface area contributed by atoms with Gasteiger partial charge in [-0.3, -0.25) is 14.5 Å². The Morgan fingerprint density at radius 1 is 1.03 bits per heavy atom. The highest BCUT2D eigenvalue weighted by Crippen LogP contribution is 2.46. The topological polar surface area (TPSA) is 104 Å². The number of aliphatic hydroxyl groups excluding tert-OH is 1. The first-order chi connectivity index (χ1) is 16.8. The average molecular weight is 487 g/mol. The number of phenols is 1. The molecular formula is C27H22N2O5S. The summed E-state index contributed by atoms with van der Waals surface area (Å²) in [6.45, 7) is 5.29. The van der Waals surface area contributed by atoms with Crippen LogP contribution in [0, 0.1) is 20.8 Å². The van der Waals surface area contributed by atoms with Gasteiger partial charge in [0.25, 0.3) is 5.91 Å². The molecule has 2 N–H and O–H groups in total. The molecule has 1 unspecified atom stereocenters. The van der Waals surface area contributed by atoms with Gasteiger partial charge in [0.2, 0.25) is 5.78 Å². The van der Waals surface area contributed by atoms with Gasteiger partial charge < -0.3 is 14.6 Å². The lowest BCUT2D eigenvalue weighted by Gasteiger charge is -2.26. The Labute approximate surface area is 205 Å². The predicted molar refractivity (Wildman–Crippen MR) is 133 cm³/mol. The summed E-state index contributed by atoms with van der Waals surface area (Å²) < 4.78 is 5.82. The number of aromatic nitrogens is 1. The zero-order chi connectivity index (χ0) is 24.9. The Bertz CT molecular complexity index is 1500. The number of hydrogen-bond donors (Lipinski definition) is 2. The third-order valence-electron chi connectivity index (χ3n) is 5.90. The fourth-order valence-corrected chi connectivity index (χ4v) is 5.24. The summed E-state index contributed by atoms with van der Waals surface area (Å²) in [5, 5.41) is 22.2. The highest BCUT2D eigenvalue weighted by molar-refractivity contribution is 7.17. The number of ketones is 1. The molecule has 4 aromatic rings. The van der Waals surface area contributed by atoms with E-state index in [9.17, 15) is 19.8 Å². The van der Waals surface area contributed by atoms with Gasteiger partial charge in [-0.2, -0.15) is 0 Å². The van der Waals surface area contributed by atoms with E-state index >= 15 is 0 Å². The fraction of sp³-hybridized carbons (Fsp3) is 0.148. The SMILES string of the molecule is Cc1ccc(O)c(N2C(=O)C(O)=C(C(=O)c3sc(-c4ccccc4)nc3C)C2c2ccc(C)o2)c1. The maximum Gasteiger partial charge on any atom is 0.294 e. The maximum atomic E-state index is 13.9. The highest BCUT2D eigenvalue weighted by Gasteiger charge is 2.47. The fourth-order valence-electron chi connectivity index (χ4n) is 4.22. The summed E-state index contributed by atoms with van der Waals surface area (Å²) in [5.41, 5.74) is 2.22. The standard InChI is InChI=1S/C27H22N2O5S/c1-14-9-11-19(30)18(13-14)29-22(20-12-10-15(2)34-20)21(24(32)27(29)33)23(31)25-16(3)28-26(35-25)17-7-5-4-6-8-17/h4-13,22,30,32H,1-3H3. The van der Waals surface area contributed by atoms with Gasteiger partial charge in [0.05, 0.1) is 21.8 Å². The number of anilines is 1. The zero-order valence-corrected chi connectivity index (χ0v) is 20.1. The van der Waals surface area contributed by atoms with Crippen LogP contribution in [0.1, 0.15) is 38.5 Å². The monoisotopic (exact) mass is 486 g/mol. The molecule has 5 rings (SSSR count). The van der Waals surface area contributed by atoms with Crippen molar-refractivity contribution in [2.45, 2.75) is 26.8 Å². The van der Waals surface area contributed by atoms with E-state index < -0.39 is 23.5 Å². The molecule has 7 nitrogen and oxygen atoms in total. The molecule has 3 heterocycles. The molecule has 2 aromatic carbocycles. The molecule has 0 fully saturated rings. The van der Waals surface area contributed by atoms with E-state index in [2.05, 4.69) is 4.98 Å². The molecule has 0 aliphatic carbocycles. The molecule has 0 radical (unpaired) electrons. The first kappa shape index (κ1) is 22.6. The van der Waals surface area contributed by atoms with Crippen LogP contribution in [0.15, 0.2) is 76.4 Å². The van der Waals surface area contributed by atoms with E-state index in [1.54, 1.807) is 38.1 Å². The van der Waals surface area contributed by atoms with Crippen molar-refractivity contribution in [1.82, 2.24) is 4.98 Å². The van der Waals surface area contributed by atoms with Crippen LogP contribution < -0.4 is 4.90 Å². The number of aryl methyl sites for hydroxylation is 3. The normalized spacial score (nSPS) is 15.8. The van der Waals surface area contributed by atoms with Gasteiger partial charge in [-0.05, 0) is 50.6 Å². The minimum absolute atomic E-state index is 0.114. The number of thiazole rings is 1. The number of rotatable bonds is 5. The Morgan fingerprint density at radius 3 is 2.46 bits per heavy atom. The van der Waals surface area contributed by atoms with E-state index in [1.165, 1.54) is 22.3 Å². The Morgan fingerprint density at radius 2 is 1.77 bits per heavy atom. The van der Waals surface area contributed by atoms with Crippen LogP contribution in [0.25, 0.3) is 10.6 Å². The quantitative estimate of drug-likeness (QED) is 0.345. The van der Waals surface area contributed by atoms with Crippen molar-refractivity contribution in [2.75, 3.05) is 4.90 Å². The van der Waals surface area contributed by atoms with Crippen molar-refractivity contribution in [2.24, 2.45) is 0 Å². The summed E-state index contributed by atoms with van der Waals surface area (Å²) >= 11 is 1.20. The number of amides is 1. The predicted octanol–water partition coefficient (Wildman–Crippen LogP) is 5.82. The van der Waals surface area contributed by atoms with Crippen molar-refractivity contribution < 1.29 is 24.2 Å². The van der Waals surface area contributed by atoms with Crippen LogP contribution in [0.2, 0.25) is 0 Å². The molecule has 1 atom stereocenters. The third-order valence-corrected chi connectivity index (χ3v) is 7.10. The van der Waals surface area contributed by atoms with Crippen LogP contribution in [0.3, 0.4) is 0 Å². The van der Waals surface area contributed by atoms with Gasteiger partial charge in [0.15, 0.2) is 5.76 Å². The highest BCUT2D eigenvalue weighted by atomic mass is 32.1. The number of hydrogen-bond acceptors (Lipinski definition) is 7. The Hall–Kier alpha value is -4.17. The molecule has 0 saturated carbocycles. The van der Waals surface area contributed by atoms with Crippen LogP contribution in [-0.4, -0.2) is 26.9 Å². The van der Waals surface area contributed by atoms with Gasteiger partial charge >= 0.3 is 0 Å². The number of phenolic OH excluding ortho intramolecular Hbond substituents is 1. The number of carbonyl (C=O) groups is 2. The molecule has 1 aliphatic rings. The summed E-state index contributed by atoms with van der Waals surface area (Å²) in [5.74, 6) is -1.25. The largest absolute Gasteiger partial charge is 0.506 e. The first-order valence-electron chi connectivity index (χ1n) is 11.0. The van der Waals surface area contributed by atoms with Crippen LogP contribution in [0.5, 0.6) is 5.75 Å². The first-order valence-corrected chi connectivity index (χ1v) is 11.8. The summed E-state index contributed by atoms with van der Waals surface area (Å²) in [7, 11) is 0. The lowest BCUT2D eigenvalue weighted by molar-refractivity contribution is -0.117. The summed E-state index contributed by atoms with van der Waals surface area (Å²) in [6, 6.07) is 16.6. The lowest BCUT2D eigenvalue weighted by Crippen LogP contribution is -2.31. The van der Waals surface area contributed by atoms with Gasteiger partial charge in [0, 0.05) is 5.56 Å². The minimum atomic E-state index is -1.06. The zero-order valence-electron chi connectivity index (χ0n) is 19.3. The van der Waals surface area contributed by atoms with Gasteiger partial charge in [-0.15, -0.1) is 11.3 Å². The number of aliphatic hydroxyl groups is 1. The molecule has 176 valence electrons. The Kier molecular flexibility index (Phi) is 5.53. The Balaban J connectivity index is 1.65. The van der Waals surface area contributed by atoms with Crippen molar-refractivity contribution >= 4 is 28.7 Å². The second-order valence-corrected chi connectivity index (χ2v) is 9.41. The number of Topliss-reactive ketones (excluding diaryl/α,β-unsaturated/α-hetero) is 1. The lowest BCUT2D eigenvalue weighted by atomic mass is 9.99. The van der Waals surface area contributed by atoms with E-state index in [0.29, 0.717) is 27.1 Å². The van der Waals surface area contributed by atoms with Crippen molar-refractivity contribution in [3.63, 3.8) is 0 Å². The number of carbonyl (C=O) groups excluding carboxylic acids is 2. The number of furan rings is 1. The van der Waals surface area contributed by atoms with Crippen LogP contribution in [0.4, 0.5) is 5.69 Å². The smallest absolute Gasteiger partial charge is 0.294 e. The minimum Gasteiger partial charge on any atom is -0.506 e. The van der Waals surface area contributed by atoms with Gasteiger partial charge in [0.1, 0.15) is 28.3 Å². The number of aromatic hydroxyl groups is 1. The van der Waals surface area contributed by atoms with Crippen LogP contribution >= 0.6 is 11.3 Å². The molecule has 1 amide bonds.